The molecule has 0 amide bonds. The first-order valence-electron chi connectivity index (χ1n) is 4.01. The highest BCUT2D eigenvalue weighted by Gasteiger charge is 2.37. The van der Waals surface area contributed by atoms with Crippen LogP contribution in [-0.2, 0) is 6.18 Å². The molecule has 1 rings (SSSR count). The first-order chi connectivity index (χ1) is 7.50. The zero-order chi connectivity index (χ0) is 13.4. The molecule has 0 aliphatic heterocycles. The number of pyridine rings is 1. The molecule has 0 atom stereocenters. The Morgan fingerprint density at radius 1 is 1.18 bits per heavy atom. The van der Waals surface area contributed by atoms with Gasteiger partial charge in [0.25, 0.3) is 0 Å². The van der Waals surface area contributed by atoms with Gasteiger partial charge in [-0.15, -0.1) is 13.2 Å². The second-order valence-corrected chi connectivity index (χ2v) is 3.98. The van der Waals surface area contributed by atoms with Crippen LogP contribution in [0.15, 0.2) is 6.07 Å². The molecular formula is C8H4F6INO. The van der Waals surface area contributed by atoms with Gasteiger partial charge >= 0.3 is 12.5 Å². The molecule has 0 aliphatic rings. The molecule has 0 bridgehead atoms. The topological polar surface area (TPSA) is 22.1 Å². The Morgan fingerprint density at radius 3 is 2.12 bits per heavy atom. The van der Waals surface area contributed by atoms with Crippen LogP contribution >= 0.6 is 22.6 Å². The van der Waals surface area contributed by atoms with Crippen molar-refractivity contribution in [3.8, 4) is 5.75 Å². The van der Waals surface area contributed by atoms with Crippen LogP contribution in [0.25, 0.3) is 0 Å². The average molecular weight is 371 g/mol. The summed E-state index contributed by atoms with van der Waals surface area (Å²) in [6, 6.07) is 0.289. The van der Waals surface area contributed by atoms with Crippen molar-refractivity contribution >= 4 is 22.6 Å². The molecule has 0 unspecified atom stereocenters. The molecule has 0 radical (unpaired) electrons. The molecule has 1 heterocycles. The van der Waals surface area contributed by atoms with Crippen molar-refractivity contribution in [3.05, 3.63) is 21.0 Å². The van der Waals surface area contributed by atoms with Gasteiger partial charge in [0.2, 0.25) is 0 Å². The maximum atomic E-state index is 12.4. The summed E-state index contributed by atoms with van der Waals surface area (Å²) in [7, 11) is 0. The van der Waals surface area contributed by atoms with Crippen LogP contribution < -0.4 is 4.74 Å². The largest absolute Gasteiger partial charge is 0.573 e. The number of hydrogen-bond donors (Lipinski definition) is 0. The number of aromatic nitrogens is 1. The lowest BCUT2D eigenvalue weighted by molar-refractivity contribution is -0.275. The van der Waals surface area contributed by atoms with Gasteiger partial charge in [-0.05, 0) is 35.6 Å². The number of ether oxygens (including phenoxy) is 1. The van der Waals surface area contributed by atoms with E-state index in [1.165, 1.54) is 22.6 Å². The molecule has 1 aromatic rings. The van der Waals surface area contributed by atoms with Gasteiger partial charge in [-0.1, -0.05) is 0 Å². The monoisotopic (exact) mass is 371 g/mol. The first-order valence-corrected chi connectivity index (χ1v) is 5.08. The van der Waals surface area contributed by atoms with Crippen LogP contribution in [0, 0.1) is 10.6 Å². The zero-order valence-electron chi connectivity index (χ0n) is 8.08. The predicted molar refractivity (Wildman–Crippen MR) is 53.4 cm³/mol. The Morgan fingerprint density at radius 2 is 1.71 bits per heavy atom. The van der Waals surface area contributed by atoms with Crippen molar-refractivity contribution in [2.45, 2.75) is 19.5 Å². The lowest BCUT2D eigenvalue weighted by atomic mass is 10.2. The summed E-state index contributed by atoms with van der Waals surface area (Å²) in [6.45, 7) is 1.06. The van der Waals surface area contributed by atoms with E-state index in [9.17, 15) is 26.3 Å². The number of alkyl halides is 6. The molecule has 0 N–H and O–H groups in total. The number of aryl methyl sites for hydroxylation is 1. The van der Waals surface area contributed by atoms with Crippen LogP contribution in [0.3, 0.4) is 0 Å². The number of nitrogens with zero attached hydrogens (tertiary/aromatic N) is 1. The van der Waals surface area contributed by atoms with Gasteiger partial charge in [0.15, 0.2) is 5.75 Å². The smallest absolute Gasteiger partial charge is 0.403 e. The van der Waals surface area contributed by atoms with Gasteiger partial charge in [-0.3, -0.25) is 0 Å². The Kier molecular flexibility index (Phi) is 3.79. The van der Waals surface area contributed by atoms with E-state index in [1.54, 1.807) is 0 Å². The zero-order valence-corrected chi connectivity index (χ0v) is 10.2. The minimum atomic E-state index is -5.06. The van der Waals surface area contributed by atoms with Crippen LogP contribution in [0.1, 0.15) is 11.3 Å². The summed E-state index contributed by atoms with van der Waals surface area (Å²) in [4.78, 5) is 3.37. The fourth-order valence-corrected chi connectivity index (χ4v) is 1.67. The quantitative estimate of drug-likeness (QED) is 0.424. The summed E-state index contributed by atoms with van der Waals surface area (Å²) >= 11 is 1.37. The standard InChI is InChI=1S/C8H4F6INO/c1-3-4(7(9,10)11)2-5(6(15)16-3)17-8(12,13)14/h2H,1H3. The normalized spacial score (nSPS) is 12.7. The Bertz CT molecular complexity index is 427. The minimum Gasteiger partial charge on any atom is -0.403 e. The highest BCUT2D eigenvalue weighted by Crippen LogP contribution is 2.36. The van der Waals surface area contributed by atoms with E-state index >= 15 is 0 Å². The van der Waals surface area contributed by atoms with E-state index in [-0.39, 0.29) is 9.77 Å². The maximum absolute atomic E-state index is 12.4. The summed E-state index contributed by atoms with van der Waals surface area (Å²) in [6.07, 6.45) is -9.83. The summed E-state index contributed by atoms with van der Waals surface area (Å²) in [5.41, 5.74) is -1.66. The number of halogens is 7. The lowest BCUT2D eigenvalue weighted by Crippen LogP contribution is -2.19. The van der Waals surface area contributed by atoms with E-state index in [0.29, 0.717) is 0 Å². The molecule has 96 valence electrons. The number of rotatable bonds is 1. The summed E-state index contributed by atoms with van der Waals surface area (Å²) < 4.78 is 76.2. The van der Waals surface area contributed by atoms with Gasteiger partial charge in [-0.25, -0.2) is 4.98 Å². The van der Waals surface area contributed by atoms with Gasteiger partial charge in [-0.2, -0.15) is 13.2 Å². The molecule has 0 aromatic carbocycles. The molecule has 0 saturated carbocycles. The minimum absolute atomic E-state index is 0.287. The second-order valence-electron chi connectivity index (χ2n) is 2.96. The summed E-state index contributed by atoms with van der Waals surface area (Å²) in [5.74, 6) is -0.962. The molecule has 0 saturated heterocycles. The molecule has 0 spiro atoms. The van der Waals surface area contributed by atoms with E-state index in [2.05, 4.69) is 9.72 Å². The molecule has 0 aliphatic carbocycles. The van der Waals surface area contributed by atoms with Crippen molar-refractivity contribution < 1.29 is 31.1 Å². The molecule has 9 heteroatoms. The van der Waals surface area contributed by atoms with Crippen LogP contribution in [0.2, 0.25) is 0 Å². The maximum Gasteiger partial charge on any atom is 0.573 e. The van der Waals surface area contributed by atoms with E-state index < -0.39 is 29.5 Å². The van der Waals surface area contributed by atoms with Gasteiger partial charge in [0, 0.05) is 0 Å². The van der Waals surface area contributed by atoms with Gasteiger partial charge in [0.1, 0.15) is 3.70 Å². The highest BCUT2D eigenvalue weighted by atomic mass is 127. The van der Waals surface area contributed by atoms with Crippen molar-refractivity contribution in [1.29, 1.82) is 0 Å². The Hall–Kier alpha value is -0.740. The van der Waals surface area contributed by atoms with Crippen molar-refractivity contribution in [1.82, 2.24) is 4.98 Å². The summed E-state index contributed by atoms with van der Waals surface area (Å²) in [5, 5.41) is 0. The SMILES string of the molecule is Cc1nc(I)c(OC(F)(F)F)cc1C(F)(F)F. The van der Waals surface area contributed by atoms with Gasteiger partial charge < -0.3 is 4.74 Å². The first kappa shape index (κ1) is 14.3. The molecule has 1 aromatic heterocycles. The third-order valence-corrected chi connectivity index (χ3v) is 2.44. The van der Waals surface area contributed by atoms with Crippen LogP contribution in [0.5, 0.6) is 5.75 Å². The lowest BCUT2D eigenvalue weighted by Gasteiger charge is -2.14. The Labute approximate surface area is 105 Å². The van der Waals surface area contributed by atoms with Gasteiger partial charge in [0.05, 0.1) is 11.3 Å². The van der Waals surface area contributed by atoms with E-state index in [1.807, 2.05) is 0 Å². The van der Waals surface area contributed by atoms with Crippen LogP contribution in [0.4, 0.5) is 26.3 Å². The second kappa shape index (κ2) is 4.50. The van der Waals surface area contributed by atoms with E-state index in [0.717, 1.165) is 6.92 Å². The van der Waals surface area contributed by atoms with Crippen molar-refractivity contribution in [3.63, 3.8) is 0 Å². The van der Waals surface area contributed by atoms with E-state index in [4.69, 9.17) is 0 Å². The third-order valence-electron chi connectivity index (χ3n) is 1.67. The molecule has 2 nitrogen and oxygen atoms in total. The fraction of sp³-hybridized carbons (Fsp3) is 0.375. The van der Waals surface area contributed by atoms with Crippen LogP contribution in [-0.4, -0.2) is 11.3 Å². The Balaban J connectivity index is 3.25. The highest BCUT2D eigenvalue weighted by molar-refractivity contribution is 14.1. The van der Waals surface area contributed by atoms with Crippen molar-refractivity contribution in [2.24, 2.45) is 0 Å². The molecule has 0 fully saturated rings. The predicted octanol–water partition coefficient (Wildman–Crippen LogP) is 3.91. The number of hydrogen-bond acceptors (Lipinski definition) is 2. The van der Waals surface area contributed by atoms with Crippen molar-refractivity contribution in [2.75, 3.05) is 0 Å². The molecular weight excluding hydrogens is 367 g/mol. The molecule has 17 heavy (non-hydrogen) atoms. The average Bonchev–Trinajstić information content (AvgIpc) is 2.05. The third kappa shape index (κ3) is 3.89. The fourth-order valence-electron chi connectivity index (χ4n) is 1.04.